The summed E-state index contributed by atoms with van der Waals surface area (Å²) < 4.78 is 37.8. The van der Waals surface area contributed by atoms with E-state index in [0.717, 1.165) is 12.3 Å². The van der Waals surface area contributed by atoms with Crippen molar-refractivity contribution in [2.45, 2.75) is 13.3 Å². The number of halogens is 2. The monoisotopic (exact) mass is 336 g/mol. The van der Waals surface area contributed by atoms with Crippen LogP contribution in [-0.2, 0) is 10.0 Å². The molecule has 0 fully saturated rings. The predicted molar refractivity (Wildman–Crippen MR) is 80.5 cm³/mol. The van der Waals surface area contributed by atoms with Gasteiger partial charge < -0.3 is 5.32 Å². The van der Waals surface area contributed by atoms with Gasteiger partial charge in [-0.2, -0.15) is 0 Å². The Morgan fingerprint density at radius 1 is 1.38 bits per heavy atom. The van der Waals surface area contributed by atoms with Crippen LogP contribution >= 0.6 is 11.6 Å². The minimum atomic E-state index is -3.32. The summed E-state index contributed by atoms with van der Waals surface area (Å²) in [5.74, 6) is -1.38. The summed E-state index contributed by atoms with van der Waals surface area (Å²) in [6.07, 6.45) is 1.78. The highest BCUT2D eigenvalue weighted by Gasteiger charge is 2.18. The molecule has 0 saturated carbocycles. The molecule has 0 heterocycles. The zero-order valence-corrected chi connectivity index (χ0v) is 13.5. The van der Waals surface area contributed by atoms with E-state index in [0.29, 0.717) is 13.0 Å². The van der Waals surface area contributed by atoms with Crippen molar-refractivity contribution in [1.82, 2.24) is 9.62 Å². The molecule has 0 aromatic heterocycles. The number of benzene rings is 1. The van der Waals surface area contributed by atoms with E-state index >= 15 is 0 Å². The Bertz CT molecular complexity index is 587. The number of nitrogens with zero attached hydrogens (tertiary/aromatic N) is 1. The molecule has 0 radical (unpaired) electrons. The fourth-order valence-corrected chi connectivity index (χ4v) is 2.98. The van der Waals surface area contributed by atoms with E-state index in [1.165, 1.54) is 16.4 Å². The fraction of sp³-hybridized carbons (Fsp3) is 0.462. The molecule has 8 heteroatoms. The number of sulfonamides is 1. The number of carbonyl (C=O) groups excluding carboxylic acids is 1. The van der Waals surface area contributed by atoms with Gasteiger partial charge in [-0.05, 0) is 18.6 Å². The van der Waals surface area contributed by atoms with Gasteiger partial charge in [0.15, 0.2) is 0 Å². The highest BCUT2D eigenvalue weighted by molar-refractivity contribution is 7.88. The van der Waals surface area contributed by atoms with E-state index in [4.69, 9.17) is 11.6 Å². The molecule has 5 nitrogen and oxygen atoms in total. The highest BCUT2D eigenvalue weighted by Crippen LogP contribution is 2.18. The smallest absolute Gasteiger partial charge is 0.255 e. The number of nitrogens with one attached hydrogen (secondary N) is 1. The van der Waals surface area contributed by atoms with Crippen LogP contribution in [0.5, 0.6) is 0 Å². The lowest BCUT2D eigenvalue weighted by Gasteiger charge is -2.19. The van der Waals surface area contributed by atoms with Gasteiger partial charge in [0.1, 0.15) is 5.82 Å². The van der Waals surface area contributed by atoms with Gasteiger partial charge in [0.05, 0.1) is 16.8 Å². The Morgan fingerprint density at radius 3 is 2.57 bits per heavy atom. The summed E-state index contributed by atoms with van der Waals surface area (Å²) in [4.78, 5) is 11.9. The Balaban J connectivity index is 2.65. The van der Waals surface area contributed by atoms with Gasteiger partial charge in [-0.1, -0.05) is 24.6 Å². The van der Waals surface area contributed by atoms with Crippen molar-refractivity contribution in [2.24, 2.45) is 0 Å². The molecule has 21 heavy (non-hydrogen) atoms. The van der Waals surface area contributed by atoms with Crippen LogP contribution in [0.1, 0.15) is 23.7 Å². The topological polar surface area (TPSA) is 66.5 Å². The molecule has 0 saturated heterocycles. The van der Waals surface area contributed by atoms with Crippen LogP contribution in [0.3, 0.4) is 0 Å². The molecule has 1 N–H and O–H groups in total. The van der Waals surface area contributed by atoms with Gasteiger partial charge >= 0.3 is 0 Å². The number of amides is 1. The first-order valence-corrected chi connectivity index (χ1v) is 8.67. The summed E-state index contributed by atoms with van der Waals surface area (Å²) in [7, 11) is -3.32. The van der Waals surface area contributed by atoms with Crippen molar-refractivity contribution in [3.8, 4) is 0 Å². The summed E-state index contributed by atoms with van der Waals surface area (Å²) in [5.41, 5.74) is -0.236. The quantitative estimate of drug-likeness (QED) is 0.826. The Morgan fingerprint density at radius 2 is 2.05 bits per heavy atom. The Labute approximate surface area is 129 Å². The van der Waals surface area contributed by atoms with E-state index in [1.807, 2.05) is 6.92 Å². The average Bonchev–Trinajstić information content (AvgIpc) is 2.36. The van der Waals surface area contributed by atoms with Gasteiger partial charge in [-0.3, -0.25) is 4.79 Å². The predicted octanol–water partition coefficient (Wildman–Crippen LogP) is 1.88. The SMILES string of the molecule is CCCN(CCNC(=O)c1c(F)cccc1Cl)S(C)(=O)=O. The summed E-state index contributed by atoms with van der Waals surface area (Å²) in [6, 6.07) is 3.96. The van der Waals surface area contributed by atoms with Gasteiger partial charge in [0.25, 0.3) is 5.91 Å². The van der Waals surface area contributed by atoms with E-state index < -0.39 is 21.7 Å². The van der Waals surface area contributed by atoms with Crippen molar-refractivity contribution in [1.29, 1.82) is 0 Å². The van der Waals surface area contributed by atoms with E-state index in [-0.39, 0.29) is 23.7 Å². The second-order valence-corrected chi connectivity index (χ2v) is 6.90. The number of hydrogen-bond acceptors (Lipinski definition) is 3. The third kappa shape index (κ3) is 5.26. The van der Waals surface area contributed by atoms with E-state index in [9.17, 15) is 17.6 Å². The minimum absolute atomic E-state index is 0.0148. The first kappa shape index (κ1) is 17.9. The van der Waals surface area contributed by atoms with E-state index in [1.54, 1.807) is 0 Å². The lowest BCUT2D eigenvalue weighted by molar-refractivity contribution is 0.0947. The van der Waals surface area contributed by atoms with Crippen LogP contribution in [0.4, 0.5) is 4.39 Å². The number of rotatable bonds is 7. The molecule has 1 aromatic carbocycles. The largest absolute Gasteiger partial charge is 0.351 e. The Kier molecular flexibility index (Phi) is 6.57. The maximum atomic E-state index is 13.5. The molecular formula is C13H18ClFN2O3S. The van der Waals surface area contributed by atoms with Gasteiger partial charge in [0.2, 0.25) is 10.0 Å². The summed E-state index contributed by atoms with van der Waals surface area (Å²) in [6.45, 7) is 2.44. The standard InChI is InChI=1S/C13H18ClFN2O3S/c1-3-8-17(21(2,19)20)9-7-16-13(18)12-10(14)5-4-6-11(12)15/h4-6H,3,7-9H2,1-2H3,(H,16,18). The third-order valence-electron chi connectivity index (χ3n) is 2.78. The maximum absolute atomic E-state index is 13.5. The molecule has 0 aliphatic rings. The van der Waals surface area contributed by atoms with Crippen LogP contribution in [0.25, 0.3) is 0 Å². The molecule has 118 valence electrons. The van der Waals surface area contributed by atoms with Crippen molar-refractivity contribution < 1.29 is 17.6 Å². The molecule has 0 bridgehead atoms. The molecule has 0 aliphatic heterocycles. The molecule has 0 unspecified atom stereocenters. The Hall–Kier alpha value is -1.18. The summed E-state index contributed by atoms with van der Waals surface area (Å²) >= 11 is 5.78. The van der Waals surface area contributed by atoms with Crippen molar-refractivity contribution in [3.05, 3.63) is 34.6 Å². The molecule has 1 aromatic rings. The van der Waals surface area contributed by atoms with Crippen LogP contribution in [0.15, 0.2) is 18.2 Å². The van der Waals surface area contributed by atoms with Gasteiger partial charge in [0, 0.05) is 19.6 Å². The number of carbonyl (C=O) groups is 1. The first-order valence-electron chi connectivity index (χ1n) is 6.44. The summed E-state index contributed by atoms with van der Waals surface area (Å²) in [5, 5.41) is 2.49. The first-order chi connectivity index (χ1) is 9.77. The normalized spacial score (nSPS) is 11.7. The van der Waals surface area contributed by atoms with Crippen LogP contribution < -0.4 is 5.32 Å². The minimum Gasteiger partial charge on any atom is -0.351 e. The molecule has 1 rings (SSSR count). The second kappa shape index (κ2) is 7.72. The lowest BCUT2D eigenvalue weighted by atomic mass is 10.2. The van der Waals surface area contributed by atoms with Gasteiger partial charge in [-0.25, -0.2) is 17.1 Å². The number of hydrogen-bond donors (Lipinski definition) is 1. The molecule has 0 spiro atoms. The fourth-order valence-electron chi connectivity index (χ4n) is 1.79. The van der Waals surface area contributed by atoms with Crippen LogP contribution in [-0.4, -0.2) is 44.5 Å². The molecule has 0 atom stereocenters. The third-order valence-corrected chi connectivity index (χ3v) is 4.40. The zero-order valence-electron chi connectivity index (χ0n) is 11.9. The maximum Gasteiger partial charge on any atom is 0.255 e. The molecule has 0 aliphatic carbocycles. The second-order valence-electron chi connectivity index (χ2n) is 4.51. The lowest BCUT2D eigenvalue weighted by Crippen LogP contribution is -2.38. The van der Waals surface area contributed by atoms with Gasteiger partial charge in [-0.15, -0.1) is 0 Å². The van der Waals surface area contributed by atoms with Crippen molar-refractivity contribution in [2.75, 3.05) is 25.9 Å². The highest BCUT2D eigenvalue weighted by atomic mass is 35.5. The van der Waals surface area contributed by atoms with E-state index in [2.05, 4.69) is 5.32 Å². The molecular weight excluding hydrogens is 319 g/mol. The molecule has 1 amide bonds. The van der Waals surface area contributed by atoms with Crippen LogP contribution in [0.2, 0.25) is 5.02 Å². The van der Waals surface area contributed by atoms with Crippen LogP contribution in [0, 0.1) is 5.82 Å². The van der Waals surface area contributed by atoms with Crippen molar-refractivity contribution in [3.63, 3.8) is 0 Å². The average molecular weight is 337 g/mol. The van der Waals surface area contributed by atoms with Crippen molar-refractivity contribution >= 4 is 27.5 Å². The zero-order chi connectivity index (χ0) is 16.0.